The summed E-state index contributed by atoms with van der Waals surface area (Å²) in [7, 11) is 4.67. The number of fused-ring (bicyclic) bond motifs is 9. The van der Waals surface area contributed by atoms with Crippen LogP contribution in [0, 0.1) is 25.7 Å². The first kappa shape index (κ1) is 53.2. The van der Waals surface area contributed by atoms with E-state index in [0.717, 1.165) is 112 Å². The maximum Gasteiger partial charge on any atom is 0.305 e. The van der Waals surface area contributed by atoms with E-state index in [1.807, 2.05) is 55.5 Å². The number of allylic oxidation sites excluding steroid dienone is 2. The summed E-state index contributed by atoms with van der Waals surface area (Å²) in [6.45, 7) is 14.6. The van der Waals surface area contributed by atoms with Gasteiger partial charge in [-0.3, -0.25) is 14.6 Å². The van der Waals surface area contributed by atoms with Crippen molar-refractivity contribution in [3.05, 3.63) is 152 Å². The number of benzene rings is 3. The van der Waals surface area contributed by atoms with E-state index in [1.165, 1.54) is 13.4 Å². The normalized spacial score (nSPS) is 15.1. The molecule has 1 unspecified atom stereocenters. The molecule has 0 saturated heterocycles. The molecule has 10 rings (SSSR count). The van der Waals surface area contributed by atoms with Gasteiger partial charge < -0.3 is 43.7 Å². The third-order valence-electron chi connectivity index (χ3n) is 15.2. The monoisotopic (exact) mass is 1050 g/mol. The first-order chi connectivity index (χ1) is 37.8. The van der Waals surface area contributed by atoms with Gasteiger partial charge in [-0.1, -0.05) is 43.9 Å². The number of aromatic amines is 2. The Labute approximate surface area is 454 Å². The summed E-state index contributed by atoms with van der Waals surface area (Å²) < 4.78 is 34.2. The van der Waals surface area contributed by atoms with Crippen molar-refractivity contribution < 1.29 is 38.0 Å². The Morgan fingerprint density at radius 2 is 1.54 bits per heavy atom. The van der Waals surface area contributed by atoms with Gasteiger partial charge in [0.05, 0.1) is 61.1 Å². The van der Waals surface area contributed by atoms with E-state index in [0.29, 0.717) is 67.9 Å². The van der Waals surface area contributed by atoms with Gasteiger partial charge in [0.15, 0.2) is 17.3 Å². The maximum absolute atomic E-state index is 13.8. The van der Waals surface area contributed by atoms with Crippen LogP contribution in [0.25, 0.3) is 44.1 Å². The first-order valence-electron chi connectivity index (χ1n) is 26.5. The molecule has 8 bridgehead atoms. The Hall–Kier alpha value is -8.16. The quantitative estimate of drug-likeness (QED) is 0.0419. The molecule has 400 valence electrons. The SMILES string of the molecule is CCC1=C(C)c2cc3[nH]c(cc4nc(c5c6[nH]c(cc1n2)c(C)c6C(=O)C5)[C@@H](CCC(=O)OC)[C@@H]4C)c(C)c3C(C)OCc1ccc(C#Cc2cccc(Nc3ncnc4cc(OCCOC)c(OCCOC)cc34)c2)cc1. The number of hydrogen-bond acceptors (Lipinski definition) is 13. The second-order valence-corrected chi connectivity index (χ2v) is 20.0. The van der Waals surface area contributed by atoms with E-state index in [1.54, 1.807) is 14.2 Å². The lowest BCUT2D eigenvalue weighted by Crippen LogP contribution is -2.09. The largest absolute Gasteiger partial charge is 0.487 e. The first-order valence-corrected chi connectivity index (χ1v) is 26.5. The Morgan fingerprint density at radius 3 is 2.28 bits per heavy atom. The van der Waals surface area contributed by atoms with Gasteiger partial charge >= 0.3 is 5.97 Å². The van der Waals surface area contributed by atoms with Crippen molar-refractivity contribution in [2.75, 3.05) is 53.1 Å². The highest BCUT2D eigenvalue weighted by molar-refractivity contribution is 6.13. The van der Waals surface area contributed by atoms with Gasteiger partial charge in [-0.2, -0.15) is 0 Å². The summed E-state index contributed by atoms with van der Waals surface area (Å²) in [4.78, 5) is 53.4. The number of Topliss-reactive ketones (excluding diaryl/α,β-unsaturated/α-hetero) is 1. The van der Waals surface area contributed by atoms with Crippen LogP contribution >= 0.6 is 0 Å². The van der Waals surface area contributed by atoms with E-state index < -0.39 is 0 Å². The summed E-state index contributed by atoms with van der Waals surface area (Å²) >= 11 is 0. The number of rotatable bonds is 18. The number of methoxy groups -OCH3 is 3. The number of carbonyl (C=O) groups excluding carboxylic acids is 2. The summed E-state index contributed by atoms with van der Waals surface area (Å²) in [6, 6.07) is 26.1. The van der Waals surface area contributed by atoms with E-state index in [2.05, 4.69) is 102 Å². The van der Waals surface area contributed by atoms with Gasteiger partial charge in [0.25, 0.3) is 0 Å². The van der Waals surface area contributed by atoms with Crippen LogP contribution in [0.3, 0.4) is 0 Å². The molecular formula is C63H65N7O8. The Morgan fingerprint density at radius 1 is 0.808 bits per heavy atom. The third kappa shape index (κ3) is 10.9. The molecular weight excluding hydrogens is 983 g/mol. The van der Waals surface area contributed by atoms with Crippen LogP contribution in [-0.4, -0.2) is 89.4 Å². The molecule has 7 aromatic rings. The summed E-state index contributed by atoms with van der Waals surface area (Å²) in [5.41, 5.74) is 18.0. The van der Waals surface area contributed by atoms with E-state index in [4.69, 9.17) is 38.4 Å². The number of esters is 1. The second-order valence-electron chi connectivity index (χ2n) is 20.0. The maximum atomic E-state index is 13.8. The molecule has 0 spiro atoms. The highest BCUT2D eigenvalue weighted by Gasteiger charge is 2.36. The Balaban J connectivity index is 0.913. The minimum Gasteiger partial charge on any atom is -0.487 e. The van der Waals surface area contributed by atoms with Crippen molar-refractivity contribution >= 4 is 67.4 Å². The van der Waals surface area contributed by atoms with Crippen molar-refractivity contribution in [2.24, 2.45) is 0 Å². The standard InChI is InChI=1S/C63H65N7O8/c1-10-44-35(2)48-31-54-59(37(4)50(68-54)29-49-36(3)45(20-21-58(72)75-9)61(69-49)47-27-55(71)60-38(5)51(70-62(47)60)30-53(44)67-48)39(6)78-33-42-18-15-40(16-19-42)14-17-41-12-11-13-43(26-41)66-63-46-28-56(76-24-22-73-7)57(77-25-23-74-8)32-52(46)64-34-65-63/h11-13,15-16,18-19,26,28-32,34,36,39,45,68,70H,10,20-25,27,33H2,1-9H3,(H,64,65,66)/t36-,39?,45-/m0/s1. The highest BCUT2D eigenvalue weighted by atomic mass is 16.5. The number of hydrogen-bond donors (Lipinski definition) is 3. The van der Waals surface area contributed by atoms with Gasteiger partial charge in [0, 0.05) is 106 Å². The number of aryl methyl sites for hydroxylation is 2. The molecule has 2 aliphatic heterocycles. The van der Waals surface area contributed by atoms with Gasteiger partial charge in [-0.15, -0.1) is 0 Å². The van der Waals surface area contributed by atoms with Crippen LogP contribution in [-0.2, 0) is 36.8 Å². The van der Waals surface area contributed by atoms with Crippen LogP contribution in [0.5, 0.6) is 11.5 Å². The summed E-state index contributed by atoms with van der Waals surface area (Å²) in [5.74, 6) is 8.06. The molecule has 15 heteroatoms. The molecule has 3 aliphatic rings. The molecule has 4 aromatic heterocycles. The molecule has 3 atom stereocenters. The lowest BCUT2D eigenvalue weighted by atomic mass is 9.85. The number of ketones is 1. The highest BCUT2D eigenvalue weighted by Crippen LogP contribution is 2.45. The van der Waals surface area contributed by atoms with Gasteiger partial charge in [-0.25, -0.2) is 15.0 Å². The lowest BCUT2D eigenvalue weighted by molar-refractivity contribution is -0.140. The van der Waals surface area contributed by atoms with Crippen molar-refractivity contribution in [3.63, 3.8) is 0 Å². The Kier molecular flexibility index (Phi) is 15.8. The number of nitrogens with one attached hydrogen (secondary N) is 3. The van der Waals surface area contributed by atoms with Crippen molar-refractivity contribution in [3.8, 4) is 23.3 Å². The number of H-pyrrole nitrogens is 2. The van der Waals surface area contributed by atoms with Crippen LogP contribution in [0.4, 0.5) is 11.5 Å². The summed E-state index contributed by atoms with van der Waals surface area (Å²) in [5, 5.41) is 4.22. The number of carbonyl (C=O) groups is 2. The van der Waals surface area contributed by atoms with E-state index in [-0.39, 0.29) is 42.5 Å². The fraction of sp³-hybridized carbons (Fsp3) is 0.333. The average molecular weight is 1050 g/mol. The van der Waals surface area contributed by atoms with E-state index >= 15 is 0 Å². The van der Waals surface area contributed by atoms with Crippen LogP contribution in [0.1, 0.15) is 137 Å². The van der Waals surface area contributed by atoms with Gasteiger partial charge in [0.2, 0.25) is 0 Å². The van der Waals surface area contributed by atoms with Gasteiger partial charge in [0.1, 0.15) is 25.4 Å². The average Bonchev–Trinajstić information content (AvgIpc) is 4.29. The molecule has 6 heterocycles. The zero-order chi connectivity index (χ0) is 54.6. The van der Waals surface area contributed by atoms with Crippen LogP contribution in [0.15, 0.2) is 85.2 Å². The number of nitrogens with zero attached hydrogens (tertiary/aromatic N) is 4. The lowest BCUT2D eigenvalue weighted by Gasteiger charge is -2.16. The topological polar surface area (TPSA) is 185 Å². The molecule has 3 N–H and O–H groups in total. The zero-order valence-corrected chi connectivity index (χ0v) is 45.7. The number of ether oxygens (including phenoxy) is 6. The van der Waals surface area contributed by atoms with Crippen molar-refractivity contribution in [1.82, 2.24) is 29.9 Å². The predicted octanol–water partition coefficient (Wildman–Crippen LogP) is 12.3. The molecule has 0 fully saturated rings. The Bertz CT molecular complexity index is 3730. The third-order valence-corrected chi connectivity index (χ3v) is 15.2. The molecule has 3 aromatic carbocycles. The van der Waals surface area contributed by atoms with E-state index in [9.17, 15) is 9.59 Å². The number of aromatic nitrogens is 6. The molecule has 0 radical (unpaired) electrons. The second kappa shape index (κ2) is 23.2. The molecule has 15 nitrogen and oxygen atoms in total. The van der Waals surface area contributed by atoms with Crippen molar-refractivity contribution in [1.29, 1.82) is 0 Å². The summed E-state index contributed by atoms with van der Waals surface area (Å²) in [6.07, 6.45) is 3.04. The van der Waals surface area contributed by atoms with Crippen LogP contribution in [0.2, 0.25) is 0 Å². The fourth-order valence-corrected chi connectivity index (χ4v) is 10.9. The van der Waals surface area contributed by atoms with Gasteiger partial charge in [-0.05, 0) is 123 Å². The zero-order valence-electron chi connectivity index (χ0n) is 45.7. The molecule has 0 amide bonds. The molecule has 0 saturated carbocycles. The molecule has 78 heavy (non-hydrogen) atoms. The van der Waals surface area contributed by atoms with Crippen LogP contribution < -0.4 is 14.8 Å². The van der Waals surface area contributed by atoms with Crippen molar-refractivity contribution in [2.45, 2.75) is 91.8 Å². The minimum atomic E-state index is -0.311. The minimum absolute atomic E-state index is 0.0369. The number of anilines is 2. The predicted molar refractivity (Wildman–Crippen MR) is 303 cm³/mol. The smallest absolute Gasteiger partial charge is 0.305 e. The fourth-order valence-electron chi connectivity index (χ4n) is 10.9. The molecule has 1 aliphatic carbocycles.